The number of aromatic nitrogens is 4. The predicted octanol–water partition coefficient (Wildman–Crippen LogP) is 5.98. The summed E-state index contributed by atoms with van der Waals surface area (Å²) in [6.45, 7) is 2.05. The first-order valence-electron chi connectivity index (χ1n) is 11.3. The first-order valence-corrected chi connectivity index (χ1v) is 13.8. The summed E-state index contributed by atoms with van der Waals surface area (Å²) in [7, 11) is 0. The smallest absolute Gasteiger partial charge is 0.239 e. The van der Waals surface area contributed by atoms with Crippen LogP contribution in [-0.2, 0) is 17.6 Å². The molecular formula is C22H27N5OS3. The van der Waals surface area contributed by atoms with Crippen LogP contribution in [0, 0.1) is 0 Å². The summed E-state index contributed by atoms with van der Waals surface area (Å²) in [5.74, 6) is 0.488. The van der Waals surface area contributed by atoms with Crippen molar-refractivity contribution in [3.05, 3.63) is 21.8 Å². The monoisotopic (exact) mass is 473 g/mol. The number of carbonyl (C=O) groups excluding carboxylic acids is 1. The van der Waals surface area contributed by atoms with Gasteiger partial charge in [-0.1, -0.05) is 49.3 Å². The molecule has 1 atom stereocenters. The third-order valence-electron chi connectivity index (χ3n) is 6.26. The van der Waals surface area contributed by atoms with E-state index in [4.69, 9.17) is 0 Å². The van der Waals surface area contributed by atoms with Crippen LogP contribution in [-0.4, -0.2) is 31.3 Å². The number of hydrogen-bond acceptors (Lipinski definition) is 8. The largest absolute Gasteiger partial charge is 0.300 e. The molecule has 1 unspecified atom stereocenters. The van der Waals surface area contributed by atoms with Gasteiger partial charge in [0.15, 0.2) is 0 Å². The Bertz CT molecular complexity index is 1070. The molecule has 1 amide bonds. The van der Waals surface area contributed by atoms with Crippen LogP contribution in [0.3, 0.4) is 0 Å². The number of nitrogens with one attached hydrogen (secondary N) is 1. The lowest BCUT2D eigenvalue weighted by Crippen LogP contribution is -2.24. The normalized spacial score (nSPS) is 18.1. The van der Waals surface area contributed by atoms with E-state index in [1.807, 2.05) is 6.92 Å². The Labute approximate surface area is 194 Å². The summed E-state index contributed by atoms with van der Waals surface area (Å²) >= 11 is 4.89. The van der Waals surface area contributed by atoms with Crippen LogP contribution < -0.4 is 5.32 Å². The van der Waals surface area contributed by atoms with Gasteiger partial charge in [-0.15, -0.1) is 21.5 Å². The van der Waals surface area contributed by atoms with Gasteiger partial charge in [0, 0.05) is 16.2 Å². The maximum Gasteiger partial charge on any atom is 0.239 e. The zero-order valence-corrected chi connectivity index (χ0v) is 20.2. The fourth-order valence-electron chi connectivity index (χ4n) is 4.59. The number of anilines is 1. The fraction of sp³-hybridized carbons (Fsp3) is 0.591. The van der Waals surface area contributed by atoms with E-state index in [1.165, 1.54) is 72.1 Å². The highest BCUT2D eigenvalue weighted by Crippen LogP contribution is 2.41. The molecule has 0 bridgehead atoms. The van der Waals surface area contributed by atoms with E-state index in [-0.39, 0.29) is 11.2 Å². The van der Waals surface area contributed by atoms with Gasteiger partial charge >= 0.3 is 0 Å². The molecule has 1 saturated carbocycles. The molecule has 9 heteroatoms. The molecule has 0 saturated heterocycles. The molecule has 164 valence electrons. The molecular weight excluding hydrogens is 446 g/mol. The van der Waals surface area contributed by atoms with Crippen molar-refractivity contribution in [1.29, 1.82) is 0 Å². The molecule has 3 heterocycles. The molecule has 0 spiro atoms. The SMILES string of the molecule is CCC(Sc1ncnc2sc3c(c12)CCCC3)C(=O)Nc1nnc(C2CCCCC2)s1. The zero-order chi connectivity index (χ0) is 21.2. The van der Waals surface area contributed by atoms with E-state index in [1.54, 1.807) is 29.4 Å². The Balaban J connectivity index is 1.32. The van der Waals surface area contributed by atoms with E-state index in [2.05, 4.69) is 25.5 Å². The highest BCUT2D eigenvalue weighted by atomic mass is 32.2. The summed E-state index contributed by atoms with van der Waals surface area (Å²) < 4.78 is 0. The van der Waals surface area contributed by atoms with E-state index in [9.17, 15) is 4.79 Å². The number of carbonyl (C=O) groups is 1. The molecule has 2 aliphatic rings. The molecule has 1 N–H and O–H groups in total. The van der Waals surface area contributed by atoms with Gasteiger partial charge in [0.1, 0.15) is 21.2 Å². The molecule has 3 aromatic heterocycles. The minimum Gasteiger partial charge on any atom is -0.300 e. The van der Waals surface area contributed by atoms with Gasteiger partial charge in [0.05, 0.1) is 5.25 Å². The highest BCUT2D eigenvalue weighted by Gasteiger charge is 2.26. The molecule has 6 nitrogen and oxygen atoms in total. The number of thiophene rings is 1. The second kappa shape index (κ2) is 9.50. The first-order chi connectivity index (χ1) is 15.2. The number of amides is 1. The highest BCUT2D eigenvalue weighted by molar-refractivity contribution is 8.00. The van der Waals surface area contributed by atoms with E-state index in [0.717, 1.165) is 34.1 Å². The number of rotatable bonds is 6. The van der Waals surface area contributed by atoms with Crippen LogP contribution in [0.25, 0.3) is 10.2 Å². The minimum absolute atomic E-state index is 0.0188. The van der Waals surface area contributed by atoms with Crippen LogP contribution in [0.4, 0.5) is 5.13 Å². The van der Waals surface area contributed by atoms with Crippen LogP contribution in [0.15, 0.2) is 11.4 Å². The standard InChI is InChI=1S/C22H27N5OS3/c1-2-15(18(28)25-22-27-26-19(31-22)13-8-4-3-5-9-13)29-20-17-14-10-6-7-11-16(14)30-21(17)24-12-23-20/h12-13,15H,2-11H2,1H3,(H,25,27,28). The summed E-state index contributed by atoms with van der Waals surface area (Å²) in [5, 5.41) is 15.2. The Morgan fingerprint density at radius 1 is 1.13 bits per heavy atom. The fourth-order valence-corrected chi connectivity index (χ4v) is 7.85. The Morgan fingerprint density at radius 3 is 2.81 bits per heavy atom. The quantitative estimate of drug-likeness (QED) is 0.350. The molecule has 2 aliphatic carbocycles. The Hall–Kier alpha value is -1.58. The lowest BCUT2D eigenvalue weighted by atomic mass is 9.90. The number of aryl methyl sites for hydroxylation is 2. The molecule has 1 fully saturated rings. The number of fused-ring (bicyclic) bond motifs is 3. The lowest BCUT2D eigenvalue weighted by Gasteiger charge is -2.18. The second-order valence-corrected chi connectivity index (χ2v) is 11.6. The van der Waals surface area contributed by atoms with Crippen molar-refractivity contribution in [1.82, 2.24) is 20.2 Å². The van der Waals surface area contributed by atoms with Crippen molar-refractivity contribution in [3.63, 3.8) is 0 Å². The minimum atomic E-state index is -0.223. The van der Waals surface area contributed by atoms with E-state index in [0.29, 0.717) is 11.0 Å². The summed E-state index contributed by atoms with van der Waals surface area (Å²) in [4.78, 5) is 24.7. The van der Waals surface area contributed by atoms with Gasteiger partial charge < -0.3 is 0 Å². The summed E-state index contributed by atoms with van der Waals surface area (Å²) in [6, 6.07) is 0. The molecule has 5 rings (SSSR count). The molecule has 31 heavy (non-hydrogen) atoms. The Kier molecular flexibility index (Phi) is 6.52. The van der Waals surface area contributed by atoms with Gasteiger partial charge in [0.2, 0.25) is 11.0 Å². The van der Waals surface area contributed by atoms with Crippen molar-refractivity contribution in [2.45, 2.75) is 87.3 Å². The van der Waals surface area contributed by atoms with Crippen LogP contribution in [0.1, 0.15) is 79.7 Å². The van der Waals surface area contributed by atoms with Gasteiger partial charge in [-0.25, -0.2) is 9.97 Å². The van der Waals surface area contributed by atoms with Gasteiger partial charge in [-0.2, -0.15) is 0 Å². The van der Waals surface area contributed by atoms with E-state index >= 15 is 0 Å². The summed E-state index contributed by atoms with van der Waals surface area (Å²) in [5.41, 5.74) is 1.41. The van der Waals surface area contributed by atoms with Crippen molar-refractivity contribution >= 4 is 55.7 Å². The van der Waals surface area contributed by atoms with Crippen molar-refractivity contribution in [3.8, 4) is 0 Å². The van der Waals surface area contributed by atoms with Crippen LogP contribution >= 0.6 is 34.4 Å². The maximum absolute atomic E-state index is 13.1. The Morgan fingerprint density at radius 2 is 1.97 bits per heavy atom. The van der Waals surface area contributed by atoms with Crippen molar-refractivity contribution in [2.75, 3.05) is 5.32 Å². The second-order valence-electron chi connectivity index (χ2n) is 8.35. The van der Waals surface area contributed by atoms with Gasteiger partial charge in [-0.3, -0.25) is 10.1 Å². The third kappa shape index (κ3) is 4.50. The van der Waals surface area contributed by atoms with Crippen molar-refractivity contribution in [2.24, 2.45) is 0 Å². The topological polar surface area (TPSA) is 80.7 Å². The average molecular weight is 474 g/mol. The zero-order valence-electron chi connectivity index (χ0n) is 17.7. The third-order valence-corrected chi connectivity index (χ3v) is 9.82. The predicted molar refractivity (Wildman–Crippen MR) is 128 cm³/mol. The molecule has 0 radical (unpaired) electrons. The number of thioether (sulfide) groups is 1. The summed E-state index contributed by atoms with van der Waals surface area (Å²) in [6.07, 6.45) is 13.3. The first kappa shape index (κ1) is 21.3. The van der Waals surface area contributed by atoms with Crippen LogP contribution in [0.2, 0.25) is 0 Å². The molecule has 0 aromatic carbocycles. The molecule has 0 aliphatic heterocycles. The number of hydrogen-bond donors (Lipinski definition) is 1. The van der Waals surface area contributed by atoms with Crippen LogP contribution in [0.5, 0.6) is 0 Å². The van der Waals surface area contributed by atoms with Gasteiger partial charge in [0.25, 0.3) is 0 Å². The molecule has 3 aromatic rings. The number of nitrogens with zero attached hydrogens (tertiary/aromatic N) is 4. The lowest BCUT2D eigenvalue weighted by molar-refractivity contribution is -0.115. The van der Waals surface area contributed by atoms with Crippen molar-refractivity contribution < 1.29 is 4.79 Å². The van der Waals surface area contributed by atoms with Gasteiger partial charge in [-0.05, 0) is 50.5 Å². The average Bonchev–Trinajstić information content (AvgIpc) is 3.42. The van der Waals surface area contributed by atoms with E-state index < -0.39 is 0 Å². The maximum atomic E-state index is 13.1.